The number of carbonyl (C=O) groups is 1. The molecule has 0 fully saturated rings. The number of allylic oxidation sites excluding steroid dienone is 1. The lowest BCUT2D eigenvalue weighted by molar-refractivity contribution is 0.101. The summed E-state index contributed by atoms with van der Waals surface area (Å²) in [6.45, 7) is 2.33. The Kier molecular flexibility index (Phi) is 5.68. The Balaban J connectivity index is 1.38. The van der Waals surface area contributed by atoms with E-state index >= 15 is 0 Å². The molecule has 34 heavy (non-hydrogen) atoms. The van der Waals surface area contributed by atoms with E-state index in [0.717, 1.165) is 33.3 Å². The van der Waals surface area contributed by atoms with Gasteiger partial charge in [0.05, 0.1) is 12.7 Å². The average Bonchev–Trinajstić information content (AvgIpc) is 3.35. The molecule has 1 aromatic heterocycles. The molecule has 0 atom stereocenters. The Labute approximate surface area is 198 Å². The van der Waals surface area contributed by atoms with Crippen molar-refractivity contribution in [3.05, 3.63) is 101 Å². The van der Waals surface area contributed by atoms with Crippen LogP contribution in [0.1, 0.15) is 27.0 Å². The number of benzene rings is 3. The van der Waals surface area contributed by atoms with E-state index in [1.54, 1.807) is 19.3 Å². The second-order valence-electron chi connectivity index (χ2n) is 8.21. The number of fused-ring (bicyclic) bond motifs is 2. The number of ketones is 1. The third-order valence-electron chi connectivity index (χ3n) is 6.00. The normalized spacial score (nSPS) is 14.1. The summed E-state index contributed by atoms with van der Waals surface area (Å²) < 4.78 is 19.4. The van der Waals surface area contributed by atoms with Crippen LogP contribution in [0, 0.1) is 6.92 Å². The van der Waals surface area contributed by atoms with Crippen LogP contribution in [0.3, 0.4) is 0 Å². The van der Waals surface area contributed by atoms with Gasteiger partial charge >= 0.3 is 0 Å². The van der Waals surface area contributed by atoms with Gasteiger partial charge < -0.3 is 18.8 Å². The number of Topliss-reactive ketones (excluding diaryl/α,β-unsaturated/α-hetero) is 1. The molecule has 5 nitrogen and oxygen atoms in total. The van der Waals surface area contributed by atoms with E-state index in [4.69, 9.17) is 14.2 Å². The van der Waals surface area contributed by atoms with Crippen LogP contribution >= 0.6 is 0 Å². The van der Waals surface area contributed by atoms with Crippen LogP contribution in [-0.4, -0.2) is 24.1 Å². The quantitative estimate of drug-likeness (QED) is 0.327. The van der Waals surface area contributed by atoms with Crippen LogP contribution in [0.5, 0.6) is 17.2 Å². The van der Waals surface area contributed by atoms with Crippen molar-refractivity contribution in [3.63, 3.8) is 0 Å². The molecule has 5 heteroatoms. The van der Waals surface area contributed by atoms with Crippen molar-refractivity contribution in [2.45, 2.75) is 6.92 Å². The highest BCUT2D eigenvalue weighted by atomic mass is 16.5. The summed E-state index contributed by atoms with van der Waals surface area (Å²) in [6, 6.07) is 19.6. The standard InChI is InChI=1S/C29H25NO4/c1-19-26(33-15-7-10-20-8-5-4-6-9-20)14-12-23-28(31)27(34-29(19)23)16-21-18-30(2)25-13-11-22(32-3)17-24(21)25/h4-14,16-18H,15H2,1-3H3. The van der Waals surface area contributed by atoms with Gasteiger partial charge in [-0.2, -0.15) is 0 Å². The summed E-state index contributed by atoms with van der Waals surface area (Å²) in [5.41, 5.74) is 4.42. The highest BCUT2D eigenvalue weighted by Gasteiger charge is 2.30. The summed E-state index contributed by atoms with van der Waals surface area (Å²) >= 11 is 0. The van der Waals surface area contributed by atoms with Crippen molar-refractivity contribution in [2.75, 3.05) is 13.7 Å². The first kappa shape index (κ1) is 21.6. The van der Waals surface area contributed by atoms with Gasteiger partial charge in [0.15, 0.2) is 5.76 Å². The van der Waals surface area contributed by atoms with Gasteiger partial charge in [-0.25, -0.2) is 0 Å². The Morgan fingerprint density at radius 1 is 1.06 bits per heavy atom. The summed E-state index contributed by atoms with van der Waals surface area (Å²) in [4.78, 5) is 13.1. The molecule has 0 saturated carbocycles. The first-order chi connectivity index (χ1) is 16.5. The molecule has 0 bridgehead atoms. The van der Waals surface area contributed by atoms with Crippen LogP contribution < -0.4 is 14.2 Å². The van der Waals surface area contributed by atoms with E-state index in [1.165, 1.54) is 0 Å². The molecule has 5 rings (SSSR count). The van der Waals surface area contributed by atoms with Gasteiger partial charge in [0.25, 0.3) is 0 Å². The third kappa shape index (κ3) is 3.97. The van der Waals surface area contributed by atoms with Gasteiger partial charge in [0.1, 0.15) is 23.9 Å². The molecule has 0 spiro atoms. The first-order valence-electron chi connectivity index (χ1n) is 11.1. The van der Waals surface area contributed by atoms with Crippen LogP contribution in [-0.2, 0) is 7.05 Å². The van der Waals surface area contributed by atoms with Crippen molar-refractivity contribution < 1.29 is 19.0 Å². The van der Waals surface area contributed by atoms with Crippen LogP contribution in [0.2, 0.25) is 0 Å². The topological polar surface area (TPSA) is 49.7 Å². The lowest BCUT2D eigenvalue weighted by Gasteiger charge is -2.10. The van der Waals surface area contributed by atoms with Gasteiger partial charge in [0.2, 0.25) is 5.78 Å². The second-order valence-corrected chi connectivity index (χ2v) is 8.21. The van der Waals surface area contributed by atoms with Crippen molar-refractivity contribution in [1.82, 2.24) is 4.57 Å². The van der Waals surface area contributed by atoms with Crippen LogP contribution in [0.25, 0.3) is 23.1 Å². The Hall–Kier alpha value is -4.25. The molecule has 0 N–H and O–H groups in total. The minimum atomic E-state index is -0.131. The van der Waals surface area contributed by atoms with E-state index in [0.29, 0.717) is 29.4 Å². The summed E-state index contributed by atoms with van der Waals surface area (Å²) in [7, 11) is 3.62. The zero-order valence-electron chi connectivity index (χ0n) is 19.4. The SMILES string of the molecule is COc1ccc2c(c1)c(C=C1Oc3c(ccc(OCC=Cc4ccccc4)c3C)C1=O)cn2C. The zero-order chi connectivity index (χ0) is 23.7. The zero-order valence-corrected chi connectivity index (χ0v) is 19.4. The third-order valence-corrected chi connectivity index (χ3v) is 6.00. The molecule has 0 amide bonds. The van der Waals surface area contributed by atoms with Crippen molar-refractivity contribution >= 4 is 28.8 Å². The molecular weight excluding hydrogens is 426 g/mol. The number of rotatable bonds is 6. The molecule has 2 heterocycles. The van der Waals surface area contributed by atoms with E-state index in [9.17, 15) is 4.79 Å². The Morgan fingerprint density at radius 3 is 2.68 bits per heavy atom. The van der Waals surface area contributed by atoms with E-state index in [2.05, 4.69) is 0 Å². The summed E-state index contributed by atoms with van der Waals surface area (Å²) in [6.07, 6.45) is 7.76. The first-order valence-corrected chi connectivity index (χ1v) is 11.1. The molecule has 0 aliphatic carbocycles. The fourth-order valence-electron chi connectivity index (χ4n) is 4.20. The van der Waals surface area contributed by atoms with Gasteiger partial charge in [-0.15, -0.1) is 0 Å². The summed E-state index contributed by atoms with van der Waals surface area (Å²) in [5.74, 6) is 2.18. The number of ether oxygens (including phenoxy) is 3. The molecule has 1 aliphatic heterocycles. The second kappa shape index (κ2) is 8.94. The largest absolute Gasteiger partial charge is 0.497 e. The highest BCUT2D eigenvalue weighted by Crippen LogP contribution is 2.40. The number of hydrogen-bond acceptors (Lipinski definition) is 4. The smallest absolute Gasteiger partial charge is 0.231 e. The maximum Gasteiger partial charge on any atom is 0.231 e. The van der Waals surface area contributed by atoms with Gasteiger partial charge in [-0.3, -0.25) is 4.79 Å². The number of methoxy groups -OCH3 is 1. The monoisotopic (exact) mass is 451 g/mol. The van der Waals surface area contributed by atoms with Crippen molar-refractivity contribution in [2.24, 2.45) is 7.05 Å². The predicted molar refractivity (Wildman–Crippen MR) is 135 cm³/mol. The number of aromatic nitrogens is 1. The number of hydrogen-bond donors (Lipinski definition) is 0. The van der Waals surface area contributed by atoms with Crippen molar-refractivity contribution in [1.29, 1.82) is 0 Å². The maximum absolute atomic E-state index is 13.1. The lowest BCUT2D eigenvalue weighted by Crippen LogP contribution is -1.98. The number of carbonyl (C=O) groups excluding carboxylic acids is 1. The van der Waals surface area contributed by atoms with E-state index in [1.807, 2.05) is 91.5 Å². The molecule has 170 valence electrons. The van der Waals surface area contributed by atoms with Crippen LogP contribution in [0.15, 0.2) is 78.7 Å². The molecule has 1 aliphatic rings. The highest BCUT2D eigenvalue weighted by molar-refractivity contribution is 6.15. The van der Waals surface area contributed by atoms with Gasteiger partial charge in [-0.05, 0) is 55.0 Å². The average molecular weight is 452 g/mol. The minimum absolute atomic E-state index is 0.131. The van der Waals surface area contributed by atoms with E-state index in [-0.39, 0.29) is 5.78 Å². The van der Waals surface area contributed by atoms with Gasteiger partial charge in [-0.1, -0.05) is 36.4 Å². The molecule has 0 radical (unpaired) electrons. The number of aryl methyl sites for hydroxylation is 1. The minimum Gasteiger partial charge on any atom is -0.497 e. The fourth-order valence-corrected chi connectivity index (χ4v) is 4.20. The van der Waals surface area contributed by atoms with Crippen LogP contribution in [0.4, 0.5) is 0 Å². The molecular formula is C29H25NO4. The molecule has 0 unspecified atom stereocenters. The number of nitrogens with zero attached hydrogens (tertiary/aromatic N) is 1. The Bertz CT molecular complexity index is 1440. The van der Waals surface area contributed by atoms with Gasteiger partial charge in [0, 0.05) is 35.3 Å². The molecule has 3 aromatic carbocycles. The molecule has 4 aromatic rings. The fraction of sp³-hybridized carbons (Fsp3) is 0.138. The molecule has 0 saturated heterocycles. The predicted octanol–water partition coefficient (Wildman–Crippen LogP) is 6.20. The van der Waals surface area contributed by atoms with E-state index < -0.39 is 0 Å². The maximum atomic E-state index is 13.1. The lowest BCUT2D eigenvalue weighted by atomic mass is 10.1. The Morgan fingerprint density at radius 2 is 1.88 bits per heavy atom. The summed E-state index contributed by atoms with van der Waals surface area (Å²) in [5, 5.41) is 0.993. The van der Waals surface area contributed by atoms with Crippen molar-refractivity contribution in [3.8, 4) is 17.2 Å².